The Morgan fingerprint density at radius 2 is 2.10 bits per heavy atom. The van der Waals surface area contributed by atoms with Gasteiger partial charge in [0.05, 0.1) is 5.56 Å². The molecule has 1 atom stereocenters. The van der Waals surface area contributed by atoms with Crippen molar-refractivity contribution in [2.75, 3.05) is 39.5 Å². The molecule has 1 aromatic rings. The van der Waals surface area contributed by atoms with E-state index in [-0.39, 0.29) is 17.2 Å². The van der Waals surface area contributed by atoms with Gasteiger partial charge in [0.15, 0.2) is 11.6 Å². The van der Waals surface area contributed by atoms with Crippen LogP contribution in [0.4, 0.5) is 14.5 Å². The molecule has 1 aromatic carbocycles. The number of anilines is 1. The second kappa shape index (κ2) is 5.75. The maximum Gasteiger partial charge on any atom is 0.255 e. The average molecular weight is 283 g/mol. The van der Waals surface area contributed by atoms with Gasteiger partial charge in [-0.05, 0) is 32.0 Å². The molecule has 0 radical (unpaired) electrons. The van der Waals surface area contributed by atoms with Crippen LogP contribution >= 0.6 is 0 Å². The average Bonchev–Trinajstić information content (AvgIpc) is 2.78. The zero-order chi connectivity index (χ0) is 14.9. The van der Waals surface area contributed by atoms with Gasteiger partial charge in [0.1, 0.15) is 0 Å². The highest BCUT2D eigenvalue weighted by Gasteiger charge is 2.24. The van der Waals surface area contributed by atoms with Crippen molar-refractivity contribution in [2.45, 2.75) is 6.42 Å². The Labute approximate surface area is 117 Å². The monoisotopic (exact) mass is 283 g/mol. The Kier molecular flexibility index (Phi) is 4.23. The van der Waals surface area contributed by atoms with E-state index in [1.165, 1.54) is 4.90 Å². The molecule has 1 fully saturated rings. The molecule has 1 amide bonds. The first kappa shape index (κ1) is 14.7. The standard InChI is InChI=1S/C14H19F2N3O/c1-18-4-3-9(7-18)8-19(2)14(20)10-5-11(15)12(16)6-13(10)17/h5-6,9H,3-4,7-8,17H2,1-2H3. The van der Waals surface area contributed by atoms with Crippen molar-refractivity contribution in [1.29, 1.82) is 0 Å². The number of hydrogen-bond acceptors (Lipinski definition) is 3. The molecule has 0 bridgehead atoms. The van der Waals surface area contributed by atoms with Crippen molar-refractivity contribution < 1.29 is 13.6 Å². The summed E-state index contributed by atoms with van der Waals surface area (Å²) in [5, 5.41) is 0. The fraction of sp³-hybridized carbons (Fsp3) is 0.500. The number of likely N-dealkylation sites (tertiary alicyclic amines) is 1. The number of rotatable bonds is 3. The number of amides is 1. The van der Waals surface area contributed by atoms with Gasteiger partial charge in [0.2, 0.25) is 0 Å². The van der Waals surface area contributed by atoms with Gasteiger partial charge in [-0.3, -0.25) is 4.79 Å². The minimum absolute atomic E-state index is 0.0118. The number of carbonyl (C=O) groups excluding carboxylic acids is 1. The summed E-state index contributed by atoms with van der Waals surface area (Å²) in [6, 6.07) is 1.71. The first-order valence-electron chi connectivity index (χ1n) is 6.57. The van der Waals surface area contributed by atoms with Crippen molar-refractivity contribution in [3.63, 3.8) is 0 Å². The number of nitrogen functional groups attached to an aromatic ring is 1. The molecule has 6 heteroatoms. The lowest BCUT2D eigenvalue weighted by Crippen LogP contribution is -2.33. The third-order valence-corrected chi connectivity index (χ3v) is 3.69. The lowest BCUT2D eigenvalue weighted by atomic mass is 10.1. The highest BCUT2D eigenvalue weighted by Crippen LogP contribution is 2.20. The van der Waals surface area contributed by atoms with Gasteiger partial charge < -0.3 is 15.5 Å². The minimum Gasteiger partial charge on any atom is -0.398 e. The lowest BCUT2D eigenvalue weighted by molar-refractivity contribution is 0.0774. The van der Waals surface area contributed by atoms with Crippen molar-refractivity contribution in [3.8, 4) is 0 Å². The van der Waals surface area contributed by atoms with Gasteiger partial charge in [0.25, 0.3) is 5.91 Å². The van der Waals surface area contributed by atoms with Crippen LogP contribution in [0.15, 0.2) is 12.1 Å². The first-order chi connectivity index (χ1) is 9.38. The van der Waals surface area contributed by atoms with E-state index in [0.717, 1.165) is 31.6 Å². The Morgan fingerprint density at radius 3 is 2.70 bits per heavy atom. The van der Waals surface area contributed by atoms with E-state index in [0.29, 0.717) is 12.5 Å². The molecule has 0 saturated carbocycles. The largest absolute Gasteiger partial charge is 0.398 e. The van der Waals surface area contributed by atoms with E-state index in [9.17, 15) is 13.6 Å². The first-order valence-corrected chi connectivity index (χ1v) is 6.57. The highest BCUT2D eigenvalue weighted by molar-refractivity contribution is 5.99. The molecule has 1 saturated heterocycles. The summed E-state index contributed by atoms with van der Waals surface area (Å²) >= 11 is 0. The molecule has 4 nitrogen and oxygen atoms in total. The second-order valence-corrected chi connectivity index (χ2v) is 5.46. The van der Waals surface area contributed by atoms with Gasteiger partial charge in [-0.1, -0.05) is 0 Å². The van der Waals surface area contributed by atoms with Crippen LogP contribution in [-0.2, 0) is 0 Å². The van der Waals surface area contributed by atoms with Gasteiger partial charge >= 0.3 is 0 Å². The predicted molar refractivity (Wildman–Crippen MR) is 73.3 cm³/mol. The van der Waals surface area contributed by atoms with E-state index in [4.69, 9.17) is 5.73 Å². The summed E-state index contributed by atoms with van der Waals surface area (Å²) in [6.45, 7) is 2.53. The quantitative estimate of drug-likeness (QED) is 0.857. The molecule has 1 unspecified atom stereocenters. The van der Waals surface area contributed by atoms with Crippen molar-refractivity contribution in [1.82, 2.24) is 9.80 Å². The number of halogens is 2. The van der Waals surface area contributed by atoms with Crippen LogP contribution in [0, 0.1) is 17.6 Å². The van der Waals surface area contributed by atoms with Crippen LogP contribution in [0.1, 0.15) is 16.8 Å². The number of nitrogens with zero attached hydrogens (tertiary/aromatic N) is 2. The van der Waals surface area contributed by atoms with Crippen LogP contribution in [-0.4, -0.2) is 49.4 Å². The molecule has 1 aliphatic heterocycles. The van der Waals surface area contributed by atoms with E-state index in [1.54, 1.807) is 7.05 Å². The van der Waals surface area contributed by atoms with E-state index in [1.807, 2.05) is 7.05 Å². The number of carbonyl (C=O) groups is 1. The van der Waals surface area contributed by atoms with E-state index >= 15 is 0 Å². The van der Waals surface area contributed by atoms with E-state index < -0.39 is 11.6 Å². The molecular weight excluding hydrogens is 264 g/mol. The zero-order valence-corrected chi connectivity index (χ0v) is 11.7. The van der Waals surface area contributed by atoms with Crippen LogP contribution in [0.5, 0.6) is 0 Å². The summed E-state index contributed by atoms with van der Waals surface area (Å²) in [6.07, 6.45) is 1.03. The molecule has 0 aliphatic carbocycles. The molecule has 1 heterocycles. The van der Waals surface area contributed by atoms with Gasteiger partial charge in [-0.15, -0.1) is 0 Å². The summed E-state index contributed by atoms with van der Waals surface area (Å²) in [7, 11) is 3.69. The van der Waals surface area contributed by atoms with Gasteiger partial charge in [-0.2, -0.15) is 0 Å². The van der Waals surface area contributed by atoms with Gasteiger partial charge in [0, 0.05) is 31.9 Å². The second-order valence-electron chi connectivity index (χ2n) is 5.46. The van der Waals surface area contributed by atoms with Crippen LogP contribution in [0.3, 0.4) is 0 Å². The summed E-state index contributed by atoms with van der Waals surface area (Å²) in [4.78, 5) is 16.0. The molecular formula is C14H19F2N3O. The van der Waals surface area contributed by atoms with E-state index in [2.05, 4.69) is 4.90 Å². The number of hydrogen-bond donors (Lipinski definition) is 1. The Morgan fingerprint density at radius 1 is 1.45 bits per heavy atom. The summed E-state index contributed by atoms with van der Waals surface area (Å²) in [5.41, 5.74) is 5.57. The Balaban J connectivity index is 2.08. The molecule has 2 N–H and O–H groups in total. The molecule has 1 aliphatic rings. The lowest BCUT2D eigenvalue weighted by Gasteiger charge is -2.22. The van der Waals surface area contributed by atoms with Crippen LogP contribution < -0.4 is 5.73 Å². The van der Waals surface area contributed by atoms with Crippen molar-refractivity contribution >= 4 is 11.6 Å². The third-order valence-electron chi connectivity index (χ3n) is 3.69. The van der Waals surface area contributed by atoms with Gasteiger partial charge in [-0.25, -0.2) is 8.78 Å². The normalized spacial score (nSPS) is 19.3. The van der Waals surface area contributed by atoms with Crippen LogP contribution in [0.2, 0.25) is 0 Å². The fourth-order valence-corrected chi connectivity index (χ4v) is 2.60. The molecule has 0 spiro atoms. The van der Waals surface area contributed by atoms with Crippen LogP contribution in [0.25, 0.3) is 0 Å². The topological polar surface area (TPSA) is 49.6 Å². The maximum absolute atomic E-state index is 13.2. The predicted octanol–water partition coefficient (Wildman–Crippen LogP) is 1.57. The number of benzene rings is 1. The fourth-order valence-electron chi connectivity index (χ4n) is 2.60. The third kappa shape index (κ3) is 3.07. The number of nitrogens with two attached hydrogens (primary N) is 1. The summed E-state index contributed by atoms with van der Waals surface area (Å²) < 4.78 is 26.2. The SMILES string of the molecule is CN1CCC(CN(C)C(=O)c2cc(F)c(F)cc2N)C1. The summed E-state index contributed by atoms with van der Waals surface area (Å²) in [5.74, 6) is -2.08. The zero-order valence-electron chi connectivity index (χ0n) is 11.7. The smallest absolute Gasteiger partial charge is 0.255 e. The Hall–Kier alpha value is -1.69. The Bertz CT molecular complexity index is 521. The molecule has 0 aromatic heterocycles. The molecule has 110 valence electrons. The molecule has 2 rings (SSSR count). The highest BCUT2D eigenvalue weighted by atomic mass is 19.2. The maximum atomic E-state index is 13.2. The minimum atomic E-state index is -1.06. The van der Waals surface area contributed by atoms with Crippen molar-refractivity contribution in [2.24, 2.45) is 5.92 Å². The molecule has 20 heavy (non-hydrogen) atoms. The van der Waals surface area contributed by atoms with Crippen molar-refractivity contribution in [3.05, 3.63) is 29.3 Å².